The van der Waals surface area contributed by atoms with E-state index in [2.05, 4.69) is 15.5 Å². The van der Waals surface area contributed by atoms with Crippen molar-refractivity contribution in [3.63, 3.8) is 0 Å². The molecule has 0 aliphatic carbocycles. The van der Waals surface area contributed by atoms with Crippen LogP contribution in [0.4, 0.5) is 0 Å². The molecule has 1 aromatic heterocycles. The third kappa shape index (κ3) is 1.70. The van der Waals surface area contributed by atoms with Crippen LogP contribution in [-0.2, 0) is 4.79 Å². The number of carbonyl (C=O) groups is 1. The van der Waals surface area contributed by atoms with Gasteiger partial charge in [-0.3, -0.25) is 4.79 Å². The van der Waals surface area contributed by atoms with E-state index in [0.29, 0.717) is 6.42 Å². The summed E-state index contributed by atoms with van der Waals surface area (Å²) in [5, 5.41) is 6.59. The van der Waals surface area contributed by atoms with E-state index in [4.69, 9.17) is 4.42 Å². The normalized spacial score (nSPS) is 29.0. The van der Waals surface area contributed by atoms with Crippen molar-refractivity contribution >= 4 is 11.4 Å². The molecule has 0 spiro atoms. The molecule has 2 unspecified atom stereocenters. The highest BCUT2D eigenvalue weighted by molar-refractivity contribution is 5.94. The zero-order valence-electron chi connectivity index (χ0n) is 11.1. The first kappa shape index (κ1) is 11.8. The van der Waals surface area contributed by atoms with Gasteiger partial charge in [-0.05, 0) is 18.3 Å². The van der Waals surface area contributed by atoms with Crippen LogP contribution in [0.15, 0.2) is 41.0 Å². The molecule has 104 valence electrons. The molecule has 3 aliphatic rings. The predicted octanol–water partition coefficient (Wildman–Crippen LogP) is 0.723. The number of carbonyl (C=O) groups excluding carboxylic acids is 1. The average molecular weight is 271 g/mol. The molecule has 0 saturated carbocycles. The number of ketones is 1. The molecule has 2 N–H and O–H groups in total. The number of allylic oxidation sites excluding steroid dienone is 2. The number of dihydropyridines is 1. The fraction of sp³-hybridized carbons (Fsp3) is 0.400. The third-order valence-electron chi connectivity index (χ3n) is 4.31. The standard InChI is InChI=1S/C15H17N3O2/c19-13-7-11-8-16-4-5-18(11)15-12(1-3-17-14(13)15)10-2-6-20-9-10/h1-3,6,9,11,14,16-17H,4-5,7-8H2. The Morgan fingerprint density at radius 2 is 2.35 bits per heavy atom. The van der Waals surface area contributed by atoms with Gasteiger partial charge in [-0.15, -0.1) is 0 Å². The first-order valence-corrected chi connectivity index (χ1v) is 7.04. The van der Waals surface area contributed by atoms with Crippen LogP contribution < -0.4 is 10.6 Å². The highest BCUT2D eigenvalue weighted by Crippen LogP contribution is 2.34. The molecule has 4 rings (SSSR count). The minimum Gasteiger partial charge on any atom is -0.472 e. The van der Waals surface area contributed by atoms with Crippen molar-refractivity contribution in [2.75, 3.05) is 19.6 Å². The molecule has 20 heavy (non-hydrogen) atoms. The minimum atomic E-state index is -0.209. The van der Waals surface area contributed by atoms with E-state index in [1.807, 2.05) is 18.3 Å². The molecule has 4 heterocycles. The molecule has 0 bridgehead atoms. The zero-order chi connectivity index (χ0) is 13.5. The van der Waals surface area contributed by atoms with Crippen LogP contribution >= 0.6 is 0 Å². The van der Waals surface area contributed by atoms with E-state index in [9.17, 15) is 4.79 Å². The number of hydrogen-bond donors (Lipinski definition) is 2. The van der Waals surface area contributed by atoms with Gasteiger partial charge in [0.2, 0.25) is 0 Å². The summed E-state index contributed by atoms with van der Waals surface area (Å²) < 4.78 is 5.21. The van der Waals surface area contributed by atoms with Gasteiger partial charge in [-0.2, -0.15) is 0 Å². The van der Waals surface area contributed by atoms with Crippen LogP contribution in [0.5, 0.6) is 0 Å². The van der Waals surface area contributed by atoms with Gasteiger partial charge in [0.25, 0.3) is 0 Å². The van der Waals surface area contributed by atoms with Crippen LogP contribution in [0.3, 0.4) is 0 Å². The number of nitrogens with one attached hydrogen (secondary N) is 2. The summed E-state index contributed by atoms with van der Waals surface area (Å²) in [4.78, 5) is 14.8. The van der Waals surface area contributed by atoms with Gasteiger partial charge in [-0.1, -0.05) is 0 Å². The van der Waals surface area contributed by atoms with Crippen LogP contribution in [0.2, 0.25) is 0 Å². The largest absolute Gasteiger partial charge is 0.472 e. The van der Waals surface area contributed by atoms with E-state index in [-0.39, 0.29) is 17.9 Å². The summed E-state index contributed by atoms with van der Waals surface area (Å²) in [5.41, 5.74) is 3.24. The molecule has 2 saturated heterocycles. The van der Waals surface area contributed by atoms with E-state index >= 15 is 0 Å². The van der Waals surface area contributed by atoms with Crippen molar-refractivity contribution in [2.24, 2.45) is 0 Å². The van der Waals surface area contributed by atoms with Gasteiger partial charge in [-0.25, -0.2) is 0 Å². The summed E-state index contributed by atoms with van der Waals surface area (Å²) in [6.45, 7) is 2.79. The highest BCUT2D eigenvalue weighted by Gasteiger charge is 2.41. The summed E-state index contributed by atoms with van der Waals surface area (Å²) >= 11 is 0. The molecule has 0 aromatic carbocycles. The van der Waals surface area contributed by atoms with Gasteiger partial charge in [0, 0.05) is 43.2 Å². The van der Waals surface area contributed by atoms with Gasteiger partial charge in [0.1, 0.15) is 6.04 Å². The summed E-state index contributed by atoms with van der Waals surface area (Å²) in [5.74, 6) is 0.273. The summed E-state index contributed by atoms with van der Waals surface area (Å²) in [7, 11) is 0. The Morgan fingerprint density at radius 3 is 3.20 bits per heavy atom. The zero-order valence-corrected chi connectivity index (χ0v) is 11.1. The van der Waals surface area contributed by atoms with Crippen LogP contribution in [-0.4, -0.2) is 42.4 Å². The van der Waals surface area contributed by atoms with Crippen molar-refractivity contribution in [1.82, 2.24) is 15.5 Å². The molecule has 0 radical (unpaired) electrons. The first-order chi connectivity index (χ1) is 9.84. The lowest BCUT2D eigenvalue weighted by Crippen LogP contribution is -2.60. The number of rotatable bonds is 1. The Hall–Kier alpha value is -2.01. The third-order valence-corrected chi connectivity index (χ3v) is 4.31. The maximum atomic E-state index is 12.4. The number of hydrogen-bond acceptors (Lipinski definition) is 5. The summed E-state index contributed by atoms with van der Waals surface area (Å²) in [6, 6.07) is 2.02. The van der Waals surface area contributed by atoms with Gasteiger partial charge in [0.05, 0.1) is 18.2 Å². The number of piperazine rings is 1. The number of furan rings is 1. The summed E-state index contributed by atoms with van der Waals surface area (Å²) in [6.07, 6.45) is 7.94. The van der Waals surface area contributed by atoms with E-state index in [0.717, 1.165) is 36.5 Å². The number of piperidine rings is 1. The predicted molar refractivity (Wildman–Crippen MR) is 74.7 cm³/mol. The maximum absolute atomic E-state index is 12.4. The Balaban J connectivity index is 1.85. The molecule has 2 fully saturated rings. The number of fused-ring (bicyclic) bond motifs is 3. The second-order valence-corrected chi connectivity index (χ2v) is 5.47. The highest BCUT2D eigenvalue weighted by atomic mass is 16.3. The molecule has 0 amide bonds. The Kier molecular flexibility index (Phi) is 2.67. The van der Waals surface area contributed by atoms with Gasteiger partial charge < -0.3 is 20.0 Å². The average Bonchev–Trinajstić information content (AvgIpc) is 3.01. The van der Waals surface area contributed by atoms with Gasteiger partial charge >= 0.3 is 0 Å². The van der Waals surface area contributed by atoms with E-state index < -0.39 is 0 Å². The second kappa shape index (κ2) is 4.52. The van der Waals surface area contributed by atoms with E-state index in [1.165, 1.54) is 0 Å². The van der Waals surface area contributed by atoms with Crippen LogP contribution in [0.1, 0.15) is 12.0 Å². The lowest BCUT2D eigenvalue weighted by Gasteiger charge is -2.47. The number of nitrogens with zero attached hydrogens (tertiary/aromatic N) is 1. The fourth-order valence-electron chi connectivity index (χ4n) is 3.39. The fourth-order valence-corrected chi connectivity index (χ4v) is 3.39. The van der Waals surface area contributed by atoms with Crippen LogP contribution in [0.25, 0.3) is 5.57 Å². The second-order valence-electron chi connectivity index (χ2n) is 5.47. The quantitative estimate of drug-likeness (QED) is 0.788. The molecule has 1 aromatic rings. The first-order valence-electron chi connectivity index (χ1n) is 7.04. The monoisotopic (exact) mass is 271 g/mol. The Bertz CT molecular complexity index is 588. The molecular formula is C15H17N3O2. The molecular weight excluding hydrogens is 254 g/mol. The van der Waals surface area contributed by atoms with E-state index in [1.54, 1.807) is 12.5 Å². The van der Waals surface area contributed by atoms with Crippen molar-refractivity contribution < 1.29 is 9.21 Å². The molecule has 5 heteroatoms. The smallest absolute Gasteiger partial charge is 0.163 e. The Labute approximate surface area is 117 Å². The lowest BCUT2D eigenvalue weighted by molar-refractivity contribution is -0.123. The molecule has 2 atom stereocenters. The van der Waals surface area contributed by atoms with Crippen molar-refractivity contribution in [2.45, 2.75) is 18.5 Å². The maximum Gasteiger partial charge on any atom is 0.163 e. The minimum absolute atomic E-state index is 0.209. The SMILES string of the molecule is O=C1CC2CNCCN2C2=C(c3ccoc3)C=CNC12. The molecule has 3 aliphatic heterocycles. The van der Waals surface area contributed by atoms with Crippen molar-refractivity contribution in [3.8, 4) is 0 Å². The van der Waals surface area contributed by atoms with Crippen molar-refractivity contribution in [1.29, 1.82) is 0 Å². The Morgan fingerprint density at radius 1 is 1.40 bits per heavy atom. The topological polar surface area (TPSA) is 57.5 Å². The lowest BCUT2D eigenvalue weighted by atomic mass is 9.87. The van der Waals surface area contributed by atoms with Gasteiger partial charge in [0.15, 0.2) is 5.78 Å². The molecule has 5 nitrogen and oxygen atoms in total. The van der Waals surface area contributed by atoms with Crippen LogP contribution in [0, 0.1) is 0 Å². The van der Waals surface area contributed by atoms with Crippen molar-refractivity contribution in [3.05, 3.63) is 42.1 Å². The number of Topliss-reactive ketones (excluding diaryl/α,β-unsaturated/α-hetero) is 1.